The number of pyridine rings is 1. The number of aromatic nitrogens is 1. The molecule has 0 spiro atoms. The van der Waals surface area contributed by atoms with Gasteiger partial charge >= 0.3 is 0 Å². The molecule has 0 saturated heterocycles. The van der Waals surface area contributed by atoms with Crippen LogP contribution in [0, 0.1) is 23.0 Å². The molecule has 0 aliphatic rings. The fraction of sp³-hybridized carbons (Fsp3) is 0.0500. The molecule has 0 aliphatic heterocycles. The molecule has 0 saturated carbocycles. The number of aliphatic imine (C=N–C) groups is 1. The zero-order valence-electron chi connectivity index (χ0n) is 14.4. The molecule has 0 unspecified atom stereocenters. The molecule has 0 amide bonds. The zero-order chi connectivity index (χ0) is 20.3. The Bertz CT molecular complexity index is 1110. The quantitative estimate of drug-likeness (QED) is 0.623. The van der Waals surface area contributed by atoms with Crippen LogP contribution in [0.3, 0.4) is 0 Å². The Morgan fingerprint density at radius 2 is 1.89 bits per heavy atom. The molecule has 0 fully saturated rings. The summed E-state index contributed by atoms with van der Waals surface area (Å²) < 4.78 is 31.7. The predicted molar refractivity (Wildman–Crippen MR) is 101 cm³/mol. The minimum Gasteiger partial charge on any atom is -0.505 e. The Morgan fingerprint density at radius 1 is 1.18 bits per heavy atom. The molecule has 3 rings (SSSR count). The van der Waals surface area contributed by atoms with E-state index in [0.29, 0.717) is 5.56 Å². The summed E-state index contributed by atoms with van der Waals surface area (Å²) in [7, 11) is 1.38. The first-order valence-electron chi connectivity index (χ1n) is 7.91. The summed E-state index contributed by atoms with van der Waals surface area (Å²) in [5.74, 6) is -1.28. The molecular weight excluding hydrogens is 388 g/mol. The van der Waals surface area contributed by atoms with Gasteiger partial charge in [0, 0.05) is 11.6 Å². The molecule has 2 aromatic carbocycles. The number of nitrogens with zero attached hydrogens (tertiary/aromatic N) is 3. The highest BCUT2D eigenvalue weighted by atomic mass is 35.5. The lowest BCUT2D eigenvalue weighted by Gasteiger charge is -2.11. The highest BCUT2D eigenvalue weighted by Crippen LogP contribution is 2.34. The van der Waals surface area contributed by atoms with Crippen molar-refractivity contribution in [2.24, 2.45) is 4.99 Å². The molecule has 0 aliphatic carbocycles. The van der Waals surface area contributed by atoms with Crippen molar-refractivity contribution in [2.45, 2.75) is 0 Å². The highest BCUT2D eigenvalue weighted by Gasteiger charge is 2.18. The molecule has 1 N–H and O–H groups in total. The van der Waals surface area contributed by atoms with Crippen LogP contribution in [0.4, 0.5) is 14.5 Å². The van der Waals surface area contributed by atoms with Crippen LogP contribution in [0.2, 0.25) is 5.02 Å². The Hall–Kier alpha value is -3.50. The van der Waals surface area contributed by atoms with Crippen molar-refractivity contribution in [3.05, 3.63) is 70.8 Å². The molecule has 0 atom stereocenters. The van der Waals surface area contributed by atoms with Gasteiger partial charge in [0.2, 0.25) is 5.88 Å². The summed E-state index contributed by atoms with van der Waals surface area (Å²) in [5.41, 5.74) is 0.621. The van der Waals surface area contributed by atoms with Gasteiger partial charge in [-0.25, -0.2) is 18.8 Å². The summed E-state index contributed by atoms with van der Waals surface area (Å²) in [6.07, 6.45) is 0. The highest BCUT2D eigenvalue weighted by molar-refractivity contribution is 6.31. The zero-order valence-corrected chi connectivity index (χ0v) is 15.2. The van der Waals surface area contributed by atoms with E-state index in [2.05, 4.69) is 9.98 Å². The summed E-state index contributed by atoms with van der Waals surface area (Å²) in [6.45, 7) is 0. The lowest BCUT2D eigenvalue weighted by Crippen LogP contribution is -2.02. The maximum absolute atomic E-state index is 13.3. The van der Waals surface area contributed by atoms with E-state index in [9.17, 15) is 19.1 Å². The van der Waals surface area contributed by atoms with E-state index in [0.717, 1.165) is 6.07 Å². The molecule has 0 radical (unpaired) electrons. The third kappa shape index (κ3) is 3.92. The average molecular weight is 400 g/mol. The fourth-order valence-corrected chi connectivity index (χ4v) is 2.61. The molecule has 28 heavy (non-hydrogen) atoms. The van der Waals surface area contributed by atoms with Crippen LogP contribution in [0.1, 0.15) is 5.56 Å². The Kier molecular flexibility index (Phi) is 5.52. The molecule has 0 bridgehead atoms. The number of benzene rings is 2. The molecular formula is C20H12ClF2N3O2. The molecule has 140 valence electrons. The van der Waals surface area contributed by atoms with Gasteiger partial charge in [-0.05, 0) is 42.5 Å². The van der Waals surface area contributed by atoms with E-state index < -0.39 is 11.6 Å². The number of nitriles is 1. The number of methoxy groups -OCH3 is 1. The molecule has 1 heterocycles. The minimum absolute atomic E-state index is 0.0501. The first kappa shape index (κ1) is 19.3. The lowest BCUT2D eigenvalue weighted by atomic mass is 10.0. The summed E-state index contributed by atoms with van der Waals surface area (Å²) in [5, 5.41) is 20.1. The topological polar surface area (TPSA) is 78.5 Å². The van der Waals surface area contributed by atoms with Gasteiger partial charge in [0.05, 0.1) is 23.4 Å². The van der Waals surface area contributed by atoms with Crippen molar-refractivity contribution in [3.63, 3.8) is 0 Å². The number of halogens is 3. The molecule has 3 aromatic rings. The largest absolute Gasteiger partial charge is 0.505 e. The fourth-order valence-electron chi connectivity index (χ4n) is 2.44. The SMILES string of the molecule is COc1cc(/C(C#N)=N/c2ccc(F)c(Cl)c2)c(O)c(-c2ccc(F)cc2)n1. The van der Waals surface area contributed by atoms with Crippen LogP contribution in [-0.2, 0) is 0 Å². The normalized spacial score (nSPS) is 11.2. The van der Waals surface area contributed by atoms with Gasteiger partial charge in [0.15, 0.2) is 11.5 Å². The van der Waals surface area contributed by atoms with Crippen molar-refractivity contribution in [2.75, 3.05) is 7.11 Å². The second-order valence-corrected chi connectivity index (χ2v) is 5.99. The minimum atomic E-state index is -0.619. The monoisotopic (exact) mass is 399 g/mol. The van der Waals surface area contributed by atoms with Crippen LogP contribution >= 0.6 is 11.6 Å². The standard InChI is InChI=1S/C20H12ClF2N3O2/c1-28-18-9-14(17(10-24)25-13-6-7-16(23)15(21)8-13)20(27)19(26-18)11-2-4-12(22)5-3-11/h2-9,27H,1H3/b25-17+. The van der Waals surface area contributed by atoms with E-state index in [1.54, 1.807) is 0 Å². The van der Waals surface area contributed by atoms with E-state index >= 15 is 0 Å². The number of rotatable bonds is 4. The Morgan fingerprint density at radius 3 is 2.50 bits per heavy atom. The third-order valence-corrected chi connectivity index (χ3v) is 4.09. The number of hydrogen-bond acceptors (Lipinski definition) is 5. The second kappa shape index (κ2) is 8.03. The molecule has 5 nitrogen and oxygen atoms in total. The molecule has 1 aromatic heterocycles. The predicted octanol–water partition coefficient (Wildman–Crippen LogP) is 5.04. The van der Waals surface area contributed by atoms with Crippen LogP contribution in [0.15, 0.2) is 53.5 Å². The number of ether oxygens (including phenoxy) is 1. The van der Waals surface area contributed by atoms with Crippen LogP contribution < -0.4 is 4.74 Å². The average Bonchev–Trinajstić information content (AvgIpc) is 2.70. The van der Waals surface area contributed by atoms with Gasteiger partial charge in [0.1, 0.15) is 23.4 Å². The maximum Gasteiger partial charge on any atom is 0.214 e. The van der Waals surface area contributed by atoms with Gasteiger partial charge in [-0.3, -0.25) is 0 Å². The first-order chi connectivity index (χ1) is 13.4. The van der Waals surface area contributed by atoms with Crippen molar-refractivity contribution in [1.82, 2.24) is 4.98 Å². The van der Waals surface area contributed by atoms with Crippen LogP contribution in [-0.4, -0.2) is 22.9 Å². The Labute approximate surface area is 164 Å². The van der Waals surface area contributed by atoms with Crippen LogP contribution in [0.5, 0.6) is 11.6 Å². The van der Waals surface area contributed by atoms with Gasteiger partial charge in [-0.15, -0.1) is 0 Å². The summed E-state index contributed by atoms with van der Waals surface area (Å²) >= 11 is 5.75. The third-order valence-electron chi connectivity index (χ3n) is 3.80. The molecule has 8 heteroatoms. The van der Waals surface area contributed by atoms with E-state index in [-0.39, 0.29) is 39.3 Å². The van der Waals surface area contributed by atoms with Crippen LogP contribution in [0.25, 0.3) is 11.3 Å². The van der Waals surface area contributed by atoms with Crippen molar-refractivity contribution in [3.8, 4) is 29.0 Å². The summed E-state index contributed by atoms with van der Waals surface area (Å²) in [6, 6.07) is 12.3. The number of hydrogen-bond donors (Lipinski definition) is 1. The van der Waals surface area contributed by atoms with E-state index in [4.69, 9.17) is 16.3 Å². The van der Waals surface area contributed by atoms with Crippen molar-refractivity contribution < 1.29 is 18.6 Å². The van der Waals surface area contributed by atoms with Gasteiger partial charge < -0.3 is 9.84 Å². The van der Waals surface area contributed by atoms with Gasteiger partial charge in [0.25, 0.3) is 0 Å². The lowest BCUT2D eigenvalue weighted by molar-refractivity contribution is 0.395. The van der Waals surface area contributed by atoms with Crippen molar-refractivity contribution >= 4 is 23.0 Å². The second-order valence-electron chi connectivity index (χ2n) is 5.59. The van der Waals surface area contributed by atoms with Gasteiger partial charge in [-0.2, -0.15) is 5.26 Å². The van der Waals surface area contributed by atoms with Crippen molar-refractivity contribution in [1.29, 1.82) is 5.26 Å². The first-order valence-corrected chi connectivity index (χ1v) is 8.29. The maximum atomic E-state index is 13.3. The summed E-state index contributed by atoms with van der Waals surface area (Å²) in [4.78, 5) is 8.31. The smallest absolute Gasteiger partial charge is 0.214 e. The Balaban J connectivity index is 2.17. The van der Waals surface area contributed by atoms with E-state index in [1.165, 1.54) is 49.6 Å². The van der Waals surface area contributed by atoms with Gasteiger partial charge in [-0.1, -0.05) is 11.6 Å². The number of aromatic hydroxyl groups is 1. The van der Waals surface area contributed by atoms with E-state index in [1.807, 2.05) is 6.07 Å².